The maximum Gasteiger partial charge on any atom is 0.0902 e. The fourth-order valence-electron chi connectivity index (χ4n) is 9.29. The number of fused-ring (bicyclic) bond motifs is 5. The van der Waals surface area contributed by atoms with Gasteiger partial charge in [0.1, 0.15) is 0 Å². The Morgan fingerprint density at radius 2 is 1.69 bits per heavy atom. The van der Waals surface area contributed by atoms with Gasteiger partial charge < -0.3 is 14.9 Å². The largest absolute Gasteiger partial charge is 0.393 e. The highest BCUT2D eigenvalue weighted by atomic mass is 16.5. The van der Waals surface area contributed by atoms with E-state index in [0.717, 1.165) is 61.9 Å². The molecule has 0 bridgehead atoms. The van der Waals surface area contributed by atoms with Gasteiger partial charge in [0.2, 0.25) is 0 Å². The van der Waals surface area contributed by atoms with Crippen LogP contribution in [0.25, 0.3) is 0 Å². The quantitative estimate of drug-likeness (QED) is 0.666. The SMILES string of the molecule is C[C@]12CCC(O)CC1CCC1C2CC[C@]2(C)C(CCC[C@@]3(O)CCOC3)CCC12. The molecule has 5 rings (SSSR count). The van der Waals surface area contributed by atoms with Gasteiger partial charge in [-0.2, -0.15) is 0 Å². The van der Waals surface area contributed by atoms with Crippen molar-refractivity contribution >= 4 is 0 Å². The predicted molar refractivity (Wildman–Crippen MR) is 115 cm³/mol. The maximum absolute atomic E-state index is 10.6. The molecule has 2 N–H and O–H groups in total. The molecule has 0 amide bonds. The zero-order chi connectivity index (χ0) is 20.3. The average molecular weight is 405 g/mol. The van der Waals surface area contributed by atoms with Crippen LogP contribution in [0.2, 0.25) is 0 Å². The van der Waals surface area contributed by atoms with Gasteiger partial charge in [-0.05, 0) is 111 Å². The van der Waals surface area contributed by atoms with Crippen molar-refractivity contribution in [2.75, 3.05) is 13.2 Å². The van der Waals surface area contributed by atoms with Gasteiger partial charge in [0.15, 0.2) is 0 Å². The molecule has 5 fully saturated rings. The third-order valence-electron chi connectivity index (χ3n) is 11.1. The molecule has 0 aromatic carbocycles. The van der Waals surface area contributed by atoms with Crippen LogP contribution in [0.5, 0.6) is 0 Å². The summed E-state index contributed by atoms with van der Waals surface area (Å²) in [5.41, 5.74) is 0.496. The molecular formula is C26H44O3. The van der Waals surface area contributed by atoms with Gasteiger partial charge in [-0.15, -0.1) is 0 Å². The predicted octanol–water partition coefficient (Wildman–Crippen LogP) is 5.33. The van der Waals surface area contributed by atoms with Crippen molar-refractivity contribution in [3.05, 3.63) is 0 Å². The fraction of sp³-hybridized carbons (Fsp3) is 1.00. The number of hydrogen-bond donors (Lipinski definition) is 2. The summed E-state index contributed by atoms with van der Waals surface area (Å²) in [6.45, 7) is 6.52. The molecule has 29 heavy (non-hydrogen) atoms. The van der Waals surface area contributed by atoms with Crippen LogP contribution in [-0.4, -0.2) is 35.1 Å². The van der Waals surface area contributed by atoms with Gasteiger partial charge in [0.05, 0.1) is 18.3 Å². The van der Waals surface area contributed by atoms with Crippen molar-refractivity contribution in [2.45, 2.75) is 109 Å². The number of aliphatic hydroxyl groups is 2. The minimum absolute atomic E-state index is 0.0329. The molecule has 4 saturated carbocycles. The molecule has 0 aromatic rings. The Kier molecular flexibility index (Phi) is 5.36. The van der Waals surface area contributed by atoms with Crippen LogP contribution in [0.3, 0.4) is 0 Å². The van der Waals surface area contributed by atoms with Crippen LogP contribution in [0.15, 0.2) is 0 Å². The summed E-state index contributed by atoms with van der Waals surface area (Å²) in [6.07, 6.45) is 16.0. The second kappa shape index (κ2) is 7.48. The van der Waals surface area contributed by atoms with E-state index in [1.54, 1.807) is 0 Å². The molecule has 1 saturated heterocycles. The summed E-state index contributed by atoms with van der Waals surface area (Å²) < 4.78 is 5.44. The summed E-state index contributed by atoms with van der Waals surface area (Å²) in [5.74, 6) is 4.39. The Morgan fingerprint density at radius 3 is 2.48 bits per heavy atom. The zero-order valence-corrected chi connectivity index (χ0v) is 18.9. The number of aliphatic hydroxyl groups excluding tert-OH is 1. The average Bonchev–Trinajstić information content (AvgIpc) is 3.26. The third-order valence-corrected chi connectivity index (χ3v) is 11.1. The standard InChI is InChI=1S/C26H44O3/c1-24-13-10-23-21(7-5-19-16-20(27)9-12-25(19,23)2)22(24)8-6-18(24)4-3-11-26(28)14-15-29-17-26/h18-23,27-28H,3-17H2,1-2H3/t18?,19?,20?,21?,22?,23?,24-,25+,26-/m1/s1. The topological polar surface area (TPSA) is 49.7 Å². The van der Waals surface area contributed by atoms with Crippen LogP contribution in [0, 0.1) is 40.4 Å². The molecule has 1 aliphatic heterocycles. The molecule has 166 valence electrons. The van der Waals surface area contributed by atoms with Crippen molar-refractivity contribution in [2.24, 2.45) is 40.4 Å². The summed E-state index contributed by atoms with van der Waals surface area (Å²) >= 11 is 0. The molecule has 5 aliphatic rings. The van der Waals surface area contributed by atoms with Crippen LogP contribution < -0.4 is 0 Å². The van der Waals surface area contributed by atoms with Crippen LogP contribution >= 0.6 is 0 Å². The Hall–Kier alpha value is -0.120. The van der Waals surface area contributed by atoms with Gasteiger partial charge >= 0.3 is 0 Å². The Balaban J connectivity index is 1.25. The molecule has 3 heteroatoms. The van der Waals surface area contributed by atoms with Gasteiger partial charge in [0, 0.05) is 13.0 Å². The minimum Gasteiger partial charge on any atom is -0.393 e. The smallest absolute Gasteiger partial charge is 0.0902 e. The van der Waals surface area contributed by atoms with E-state index in [4.69, 9.17) is 4.74 Å². The number of ether oxygens (including phenoxy) is 1. The molecule has 9 atom stereocenters. The highest BCUT2D eigenvalue weighted by Gasteiger charge is 2.59. The second-order valence-electron chi connectivity index (χ2n) is 12.3. The van der Waals surface area contributed by atoms with E-state index in [1.165, 1.54) is 57.8 Å². The Bertz CT molecular complexity index is 599. The summed E-state index contributed by atoms with van der Waals surface area (Å²) in [5, 5.41) is 20.9. The Morgan fingerprint density at radius 1 is 0.897 bits per heavy atom. The monoisotopic (exact) mass is 404 g/mol. The van der Waals surface area contributed by atoms with Crippen molar-refractivity contribution in [1.82, 2.24) is 0 Å². The lowest BCUT2D eigenvalue weighted by molar-refractivity contribution is -0.127. The van der Waals surface area contributed by atoms with E-state index in [2.05, 4.69) is 13.8 Å². The lowest BCUT2D eigenvalue weighted by Gasteiger charge is -2.61. The first-order valence-corrected chi connectivity index (χ1v) is 12.8. The van der Waals surface area contributed by atoms with E-state index in [9.17, 15) is 10.2 Å². The summed E-state index contributed by atoms with van der Waals surface area (Å²) in [6, 6.07) is 0. The van der Waals surface area contributed by atoms with Gasteiger partial charge in [-0.3, -0.25) is 0 Å². The highest BCUT2D eigenvalue weighted by molar-refractivity contribution is 5.09. The van der Waals surface area contributed by atoms with Gasteiger partial charge in [-0.25, -0.2) is 0 Å². The first kappa shape index (κ1) is 20.8. The van der Waals surface area contributed by atoms with Crippen molar-refractivity contribution in [3.8, 4) is 0 Å². The molecule has 0 spiro atoms. The third kappa shape index (κ3) is 3.42. The van der Waals surface area contributed by atoms with E-state index in [1.807, 2.05) is 0 Å². The molecule has 4 aliphatic carbocycles. The zero-order valence-electron chi connectivity index (χ0n) is 18.9. The first-order valence-electron chi connectivity index (χ1n) is 12.8. The second-order valence-corrected chi connectivity index (χ2v) is 12.3. The van der Waals surface area contributed by atoms with Gasteiger partial charge in [0.25, 0.3) is 0 Å². The molecule has 0 radical (unpaired) electrons. The molecule has 6 unspecified atom stereocenters. The Labute approximate surface area is 178 Å². The maximum atomic E-state index is 10.6. The van der Waals surface area contributed by atoms with Gasteiger partial charge in [-0.1, -0.05) is 20.3 Å². The van der Waals surface area contributed by atoms with E-state index < -0.39 is 5.60 Å². The van der Waals surface area contributed by atoms with Crippen LogP contribution in [-0.2, 0) is 4.74 Å². The fourth-order valence-corrected chi connectivity index (χ4v) is 9.29. The van der Waals surface area contributed by atoms with E-state index in [-0.39, 0.29) is 6.10 Å². The summed E-state index contributed by atoms with van der Waals surface area (Å²) in [4.78, 5) is 0. The minimum atomic E-state index is -0.533. The molecular weight excluding hydrogens is 360 g/mol. The van der Waals surface area contributed by atoms with Crippen molar-refractivity contribution in [3.63, 3.8) is 0 Å². The van der Waals surface area contributed by atoms with Crippen molar-refractivity contribution in [1.29, 1.82) is 0 Å². The lowest BCUT2D eigenvalue weighted by atomic mass is 9.44. The van der Waals surface area contributed by atoms with Crippen LogP contribution in [0.4, 0.5) is 0 Å². The molecule has 3 nitrogen and oxygen atoms in total. The number of rotatable bonds is 4. The normalized spacial score (nSPS) is 54.6. The van der Waals surface area contributed by atoms with Crippen LogP contribution in [0.1, 0.15) is 97.3 Å². The molecule has 0 aromatic heterocycles. The molecule has 1 heterocycles. The van der Waals surface area contributed by atoms with Crippen molar-refractivity contribution < 1.29 is 14.9 Å². The lowest BCUT2D eigenvalue weighted by Crippen LogP contribution is -2.53. The van der Waals surface area contributed by atoms with E-state index in [0.29, 0.717) is 17.4 Å². The number of hydrogen-bond acceptors (Lipinski definition) is 3. The highest BCUT2D eigenvalue weighted by Crippen LogP contribution is 2.67. The van der Waals surface area contributed by atoms with E-state index >= 15 is 0 Å². The first-order chi connectivity index (χ1) is 13.8. The summed E-state index contributed by atoms with van der Waals surface area (Å²) in [7, 11) is 0.